The number of nitriles is 1. The fraction of sp³-hybridized carbons (Fsp3) is 0.280. The standard InChI is InChI=1S/C25H24N4O2S/c1-2-31-22(30)16-29-25-21(15-26)23-19(14-17-6-10-27-11-7-17)4-3-5-20(23)24(32-25)18-8-12-28-13-9-18/h6-14,24,29H,2-5,16H2,1H3/b19-14+. The molecule has 2 aromatic rings. The Hall–Kier alpha value is -3.37. The van der Waals surface area contributed by atoms with Crippen molar-refractivity contribution < 1.29 is 9.53 Å². The number of hydrogen-bond acceptors (Lipinski definition) is 7. The quantitative estimate of drug-likeness (QED) is 0.645. The third-order valence-electron chi connectivity index (χ3n) is 5.43. The van der Waals surface area contributed by atoms with Crippen LogP contribution in [0.15, 0.2) is 76.4 Å². The first-order chi connectivity index (χ1) is 15.7. The fourth-order valence-corrected chi connectivity index (χ4v) is 5.41. The Bertz CT molecular complexity index is 1120. The second kappa shape index (κ2) is 10.3. The normalized spacial score (nSPS) is 19.4. The van der Waals surface area contributed by atoms with Crippen LogP contribution in [0.4, 0.5) is 0 Å². The van der Waals surface area contributed by atoms with Crippen molar-refractivity contribution in [2.75, 3.05) is 13.2 Å². The maximum atomic E-state index is 12.0. The van der Waals surface area contributed by atoms with Gasteiger partial charge in [0.05, 0.1) is 22.5 Å². The first kappa shape index (κ1) is 21.8. The van der Waals surface area contributed by atoms with Crippen molar-refractivity contribution >= 4 is 23.8 Å². The second-order valence-electron chi connectivity index (χ2n) is 7.46. The first-order valence-electron chi connectivity index (χ1n) is 10.7. The molecule has 1 aliphatic carbocycles. The molecule has 3 heterocycles. The van der Waals surface area contributed by atoms with Crippen LogP contribution in [0.25, 0.3) is 6.08 Å². The van der Waals surface area contributed by atoms with Gasteiger partial charge in [0, 0.05) is 24.8 Å². The summed E-state index contributed by atoms with van der Waals surface area (Å²) in [4.78, 5) is 20.2. The molecule has 2 aromatic heterocycles. The van der Waals surface area contributed by atoms with Gasteiger partial charge in [0.25, 0.3) is 0 Å². The number of aromatic nitrogens is 2. The SMILES string of the molecule is CCOC(=O)CNC1=C(C#N)C2=C(CCC/C2=C\c2ccncc2)C(c2ccncc2)S1. The van der Waals surface area contributed by atoms with Crippen LogP contribution in [-0.2, 0) is 9.53 Å². The molecule has 1 N–H and O–H groups in total. The Kier molecular flexibility index (Phi) is 7.03. The van der Waals surface area contributed by atoms with Gasteiger partial charge < -0.3 is 10.1 Å². The Morgan fingerprint density at radius 1 is 1.22 bits per heavy atom. The van der Waals surface area contributed by atoms with E-state index in [0.717, 1.165) is 41.5 Å². The largest absolute Gasteiger partial charge is 0.465 e. The lowest BCUT2D eigenvalue weighted by atomic mass is 9.80. The number of pyridine rings is 2. The van der Waals surface area contributed by atoms with E-state index in [1.807, 2.05) is 24.3 Å². The number of nitrogens with one attached hydrogen (secondary N) is 1. The number of ether oxygens (including phenoxy) is 1. The van der Waals surface area contributed by atoms with Crippen LogP contribution in [0.1, 0.15) is 42.6 Å². The molecule has 6 nitrogen and oxygen atoms in total. The molecular formula is C25H24N4O2S. The Labute approximate surface area is 192 Å². The van der Waals surface area contributed by atoms with E-state index in [4.69, 9.17) is 4.74 Å². The maximum absolute atomic E-state index is 12.0. The summed E-state index contributed by atoms with van der Waals surface area (Å²) in [6.45, 7) is 2.13. The second-order valence-corrected chi connectivity index (χ2v) is 8.57. The van der Waals surface area contributed by atoms with Crippen molar-refractivity contribution in [2.45, 2.75) is 31.4 Å². The van der Waals surface area contributed by atoms with Gasteiger partial charge in [-0.05, 0) is 78.3 Å². The van der Waals surface area contributed by atoms with E-state index in [9.17, 15) is 10.1 Å². The minimum atomic E-state index is -0.339. The molecule has 0 radical (unpaired) electrons. The van der Waals surface area contributed by atoms with Gasteiger partial charge in [-0.3, -0.25) is 14.8 Å². The highest BCUT2D eigenvalue weighted by atomic mass is 32.2. The van der Waals surface area contributed by atoms with Crippen molar-refractivity contribution in [3.8, 4) is 6.07 Å². The fourth-order valence-electron chi connectivity index (χ4n) is 4.08. The Morgan fingerprint density at radius 3 is 2.62 bits per heavy atom. The molecule has 32 heavy (non-hydrogen) atoms. The third-order valence-corrected chi connectivity index (χ3v) is 6.81. The minimum Gasteiger partial charge on any atom is -0.465 e. The number of rotatable bonds is 6. The molecule has 4 rings (SSSR count). The zero-order chi connectivity index (χ0) is 22.3. The monoisotopic (exact) mass is 444 g/mol. The average Bonchev–Trinajstić information content (AvgIpc) is 2.83. The number of carbonyl (C=O) groups excluding carboxylic acids is 1. The number of nitrogens with zero attached hydrogens (tertiary/aromatic N) is 3. The van der Waals surface area contributed by atoms with Crippen LogP contribution in [-0.4, -0.2) is 29.1 Å². The van der Waals surface area contributed by atoms with Crippen molar-refractivity contribution in [2.24, 2.45) is 0 Å². The van der Waals surface area contributed by atoms with Crippen molar-refractivity contribution in [3.05, 3.63) is 87.5 Å². The molecule has 0 spiro atoms. The predicted molar refractivity (Wildman–Crippen MR) is 125 cm³/mol. The highest BCUT2D eigenvalue weighted by Gasteiger charge is 2.34. The summed E-state index contributed by atoms with van der Waals surface area (Å²) in [5, 5.41) is 14.1. The molecule has 1 unspecified atom stereocenters. The predicted octanol–water partition coefficient (Wildman–Crippen LogP) is 4.72. The van der Waals surface area contributed by atoms with Crippen LogP contribution in [0.2, 0.25) is 0 Å². The number of carbonyl (C=O) groups is 1. The van der Waals surface area contributed by atoms with Crippen molar-refractivity contribution in [1.82, 2.24) is 15.3 Å². The third kappa shape index (κ3) is 4.76. The van der Waals surface area contributed by atoms with Gasteiger partial charge in [0.1, 0.15) is 12.6 Å². The molecule has 0 aromatic carbocycles. The highest BCUT2D eigenvalue weighted by molar-refractivity contribution is 8.03. The van der Waals surface area contributed by atoms with Gasteiger partial charge in [0.15, 0.2) is 0 Å². The maximum Gasteiger partial charge on any atom is 0.325 e. The van der Waals surface area contributed by atoms with Crippen molar-refractivity contribution in [3.63, 3.8) is 0 Å². The van der Waals surface area contributed by atoms with Gasteiger partial charge in [-0.1, -0.05) is 17.8 Å². The molecule has 0 bridgehead atoms. The molecule has 0 saturated heterocycles. The van der Waals surface area contributed by atoms with E-state index in [-0.39, 0.29) is 17.8 Å². The summed E-state index contributed by atoms with van der Waals surface area (Å²) < 4.78 is 5.07. The van der Waals surface area contributed by atoms with Gasteiger partial charge in [0.2, 0.25) is 0 Å². The van der Waals surface area contributed by atoms with E-state index >= 15 is 0 Å². The lowest BCUT2D eigenvalue weighted by molar-refractivity contribution is -0.141. The highest BCUT2D eigenvalue weighted by Crippen LogP contribution is 2.53. The summed E-state index contributed by atoms with van der Waals surface area (Å²) >= 11 is 1.59. The van der Waals surface area contributed by atoms with E-state index < -0.39 is 0 Å². The van der Waals surface area contributed by atoms with E-state index in [1.165, 1.54) is 5.57 Å². The van der Waals surface area contributed by atoms with Gasteiger partial charge in [-0.25, -0.2) is 0 Å². The molecule has 1 atom stereocenters. The summed E-state index contributed by atoms with van der Waals surface area (Å²) in [5.41, 5.74) is 6.19. The number of allylic oxidation sites excluding steroid dienone is 3. The van der Waals surface area contributed by atoms with Crippen LogP contribution < -0.4 is 5.32 Å². The van der Waals surface area contributed by atoms with E-state index in [0.29, 0.717) is 17.2 Å². The smallest absolute Gasteiger partial charge is 0.325 e. The summed E-state index contributed by atoms with van der Waals surface area (Å²) in [6.07, 6.45) is 12.1. The van der Waals surface area contributed by atoms with Crippen LogP contribution in [0, 0.1) is 11.3 Å². The molecule has 0 saturated carbocycles. The summed E-state index contributed by atoms with van der Waals surface area (Å²) in [6, 6.07) is 10.4. The minimum absolute atomic E-state index is 0.0242. The summed E-state index contributed by atoms with van der Waals surface area (Å²) in [5.74, 6) is -0.339. The van der Waals surface area contributed by atoms with Gasteiger partial charge >= 0.3 is 5.97 Å². The molecule has 1 aliphatic heterocycles. The zero-order valence-electron chi connectivity index (χ0n) is 17.9. The van der Waals surface area contributed by atoms with Gasteiger partial charge in [-0.2, -0.15) is 5.26 Å². The molecule has 7 heteroatoms. The number of hydrogen-bond donors (Lipinski definition) is 1. The topological polar surface area (TPSA) is 87.9 Å². The molecular weight excluding hydrogens is 420 g/mol. The van der Waals surface area contributed by atoms with E-state index in [1.54, 1.807) is 43.5 Å². The molecule has 0 fully saturated rings. The average molecular weight is 445 g/mol. The number of thioether (sulfide) groups is 1. The lowest BCUT2D eigenvalue weighted by Gasteiger charge is -2.34. The number of esters is 1. The Balaban J connectivity index is 1.81. The molecule has 162 valence electrons. The molecule has 0 amide bonds. The lowest BCUT2D eigenvalue weighted by Crippen LogP contribution is -2.27. The summed E-state index contributed by atoms with van der Waals surface area (Å²) in [7, 11) is 0. The van der Waals surface area contributed by atoms with Gasteiger partial charge in [-0.15, -0.1) is 0 Å². The van der Waals surface area contributed by atoms with Crippen LogP contribution in [0.3, 0.4) is 0 Å². The molecule has 2 aliphatic rings. The zero-order valence-corrected chi connectivity index (χ0v) is 18.7. The van der Waals surface area contributed by atoms with Crippen LogP contribution >= 0.6 is 11.8 Å². The van der Waals surface area contributed by atoms with E-state index in [2.05, 4.69) is 27.4 Å². The van der Waals surface area contributed by atoms with Crippen molar-refractivity contribution in [1.29, 1.82) is 5.26 Å². The first-order valence-corrected chi connectivity index (χ1v) is 11.5. The Morgan fingerprint density at radius 2 is 1.94 bits per heavy atom. The van der Waals surface area contributed by atoms with Crippen LogP contribution in [0.5, 0.6) is 0 Å².